The number of halogens is 1. The molecule has 3 heteroatoms. The maximum absolute atomic E-state index is 8.93. The van der Waals surface area contributed by atoms with Gasteiger partial charge in [-0.25, -0.2) is 0 Å². The van der Waals surface area contributed by atoms with Crippen LogP contribution in [0.1, 0.15) is 5.56 Å². The Hall–Kier alpha value is -0.990. The highest BCUT2D eigenvalue weighted by molar-refractivity contribution is 6.35. The Kier molecular flexibility index (Phi) is 2.48. The van der Waals surface area contributed by atoms with Gasteiger partial charge in [0.2, 0.25) is 0 Å². The van der Waals surface area contributed by atoms with Crippen LogP contribution in [0.2, 0.25) is 5.02 Å². The number of aliphatic hydroxyl groups is 1. The lowest BCUT2D eigenvalue weighted by Gasteiger charge is -2.02. The monoisotopic (exact) mass is 209 g/mol. The van der Waals surface area contributed by atoms with Gasteiger partial charge in [-0.05, 0) is 18.1 Å². The Morgan fingerprint density at radius 1 is 1.43 bits per heavy atom. The molecule has 2 aromatic rings. The average molecular weight is 210 g/mol. The molecule has 14 heavy (non-hydrogen) atoms. The van der Waals surface area contributed by atoms with Gasteiger partial charge in [-0.3, -0.25) is 0 Å². The fraction of sp³-hybridized carbons (Fsp3) is 0.273. The van der Waals surface area contributed by atoms with Crippen molar-refractivity contribution in [2.45, 2.75) is 6.42 Å². The molecule has 1 aromatic carbocycles. The van der Waals surface area contributed by atoms with E-state index in [1.807, 2.05) is 36.0 Å². The van der Waals surface area contributed by atoms with Crippen LogP contribution in [0.25, 0.3) is 10.9 Å². The minimum atomic E-state index is 0.157. The van der Waals surface area contributed by atoms with Gasteiger partial charge in [0.15, 0.2) is 0 Å². The quantitative estimate of drug-likeness (QED) is 0.807. The predicted molar refractivity (Wildman–Crippen MR) is 58.7 cm³/mol. The molecule has 0 unspecified atom stereocenters. The van der Waals surface area contributed by atoms with E-state index < -0.39 is 0 Å². The fourth-order valence-corrected chi connectivity index (χ4v) is 2.15. The van der Waals surface area contributed by atoms with Gasteiger partial charge >= 0.3 is 0 Å². The third kappa shape index (κ3) is 1.41. The van der Waals surface area contributed by atoms with Crippen LogP contribution in [-0.2, 0) is 13.5 Å². The second-order valence-corrected chi connectivity index (χ2v) is 3.78. The lowest BCUT2D eigenvalue weighted by Crippen LogP contribution is -1.92. The molecule has 0 amide bonds. The van der Waals surface area contributed by atoms with Crippen LogP contribution in [0.5, 0.6) is 0 Å². The van der Waals surface area contributed by atoms with Crippen molar-refractivity contribution in [2.24, 2.45) is 7.05 Å². The minimum Gasteiger partial charge on any atom is -0.396 e. The van der Waals surface area contributed by atoms with Crippen LogP contribution in [0.15, 0.2) is 24.4 Å². The number of rotatable bonds is 2. The Morgan fingerprint density at radius 3 is 2.93 bits per heavy atom. The van der Waals surface area contributed by atoms with Crippen molar-refractivity contribution in [1.82, 2.24) is 4.57 Å². The van der Waals surface area contributed by atoms with E-state index >= 15 is 0 Å². The predicted octanol–water partition coefficient (Wildman–Crippen LogP) is 2.37. The van der Waals surface area contributed by atoms with Gasteiger partial charge in [0.05, 0.1) is 5.02 Å². The molecule has 0 bridgehead atoms. The molecular formula is C11H12ClNO. The van der Waals surface area contributed by atoms with Crippen LogP contribution in [-0.4, -0.2) is 16.3 Å². The van der Waals surface area contributed by atoms with Gasteiger partial charge in [-0.15, -0.1) is 0 Å². The molecular weight excluding hydrogens is 198 g/mol. The van der Waals surface area contributed by atoms with Crippen LogP contribution in [0.4, 0.5) is 0 Å². The number of hydrogen-bond acceptors (Lipinski definition) is 1. The van der Waals surface area contributed by atoms with Crippen molar-refractivity contribution in [1.29, 1.82) is 0 Å². The molecule has 0 saturated heterocycles. The zero-order chi connectivity index (χ0) is 10.1. The molecule has 1 N–H and O–H groups in total. The first-order chi connectivity index (χ1) is 6.74. The molecule has 1 aromatic heterocycles. The number of aromatic nitrogens is 1. The summed E-state index contributed by atoms with van der Waals surface area (Å²) in [5.41, 5.74) is 2.22. The Balaban J connectivity index is 2.72. The summed E-state index contributed by atoms with van der Waals surface area (Å²) in [5.74, 6) is 0. The van der Waals surface area contributed by atoms with Gasteiger partial charge in [0.1, 0.15) is 0 Å². The molecule has 1 heterocycles. The SMILES string of the molecule is Cn1cc(Cl)c2c(CCO)cccc21. The van der Waals surface area contributed by atoms with E-state index in [2.05, 4.69) is 0 Å². The van der Waals surface area contributed by atoms with Crippen LogP contribution in [0.3, 0.4) is 0 Å². The number of aliphatic hydroxyl groups excluding tert-OH is 1. The van der Waals surface area contributed by atoms with Crippen LogP contribution < -0.4 is 0 Å². The zero-order valence-corrected chi connectivity index (χ0v) is 8.75. The average Bonchev–Trinajstić information content (AvgIpc) is 2.44. The molecule has 0 aliphatic carbocycles. The second kappa shape index (κ2) is 3.64. The number of nitrogens with zero attached hydrogens (tertiary/aromatic N) is 1. The molecule has 0 fully saturated rings. The van der Waals surface area contributed by atoms with Crippen LogP contribution in [0, 0.1) is 0 Å². The third-order valence-electron chi connectivity index (χ3n) is 2.44. The topological polar surface area (TPSA) is 25.2 Å². The first-order valence-corrected chi connectivity index (χ1v) is 4.95. The molecule has 0 spiro atoms. The van der Waals surface area contributed by atoms with Crippen LogP contribution >= 0.6 is 11.6 Å². The number of aryl methyl sites for hydroxylation is 1. The summed E-state index contributed by atoms with van der Waals surface area (Å²) in [6.07, 6.45) is 2.55. The van der Waals surface area contributed by atoms with Crippen molar-refractivity contribution in [3.05, 3.63) is 35.0 Å². The number of hydrogen-bond donors (Lipinski definition) is 1. The van der Waals surface area contributed by atoms with Crippen molar-refractivity contribution in [2.75, 3.05) is 6.61 Å². The van der Waals surface area contributed by atoms with Crippen molar-refractivity contribution >= 4 is 22.5 Å². The fourth-order valence-electron chi connectivity index (χ4n) is 1.79. The first kappa shape index (κ1) is 9.56. The molecule has 2 nitrogen and oxygen atoms in total. The van der Waals surface area contributed by atoms with E-state index in [1.54, 1.807) is 0 Å². The largest absolute Gasteiger partial charge is 0.396 e. The second-order valence-electron chi connectivity index (χ2n) is 3.37. The molecule has 0 saturated carbocycles. The molecule has 2 rings (SSSR count). The number of fused-ring (bicyclic) bond motifs is 1. The highest BCUT2D eigenvalue weighted by Gasteiger charge is 2.08. The highest BCUT2D eigenvalue weighted by atomic mass is 35.5. The summed E-state index contributed by atoms with van der Waals surface area (Å²) in [6, 6.07) is 6.02. The zero-order valence-electron chi connectivity index (χ0n) is 8.00. The standard InChI is InChI=1S/C11H12ClNO/c1-13-7-9(12)11-8(5-6-14)3-2-4-10(11)13/h2-4,7,14H,5-6H2,1H3. The summed E-state index contributed by atoms with van der Waals surface area (Å²) in [4.78, 5) is 0. The van der Waals surface area contributed by atoms with E-state index in [0.717, 1.165) is 21.5 Å². The van der Waals surface area contributed by atoms with E-state index in [4.69, 9.17) is 16.7 Å². The van der Waals surface area contributed by atoms with Crippen molar-refractivity contribution in [3.8, 4) is 0 Å². The maximum atomic E-state index is 8.93. The summed E-state index contributed by atoms with van der Waals surface area (Å²) >= 11 is 6.12. The first-order valence-electron chi connectivity index (χ1n) is 4.57. The molecule has 74 valence electrons. The number of benzene rings is 1. The summed E-state index contributed by atoms with van der Waals surface area (Å²) in [5, 5.41) is 10.7. The summed E-state index contributed by atoms with van der Waals surface area (Å²) in [6.45, 7) is 0.157. The van der Waals surface area contributed by atoms with Gasteiger partial charge in [-0.1, -0.05) is 23.7 Å². The van der Waals surface area contributed by atoms with Gasteiger partial charge in [0.25, 0.3) is 0 Å². The van der Waals surface area contributed by atoms with E-state index in [-0.39, 0.29) is 6.61 Å². The summed E-state index contributed by atoms with van der Waals surface area (Å²) < 4.78 is 2.00. The minimum absolute atomic E-state index is 0.157. The maximum Gasteiger partial charge on any atom is 0.0664 e. The molecule has 0 aliphatic heterocycles. The molecule has 0 aliphatic rings. The Labute approximate surface area is 87.7 Å². The lowest BCUT2D eigenvalue weighted by molar-refractivity contribution is 0.300. The van der Waals surface area contributed by atoms with Crippen molar-refractivity contribution < 1.29 is 5.11 Å². The van der Waals surface area contributed by atoms with E-state index in [1.165, 1.54) is 0 Å². The molecule has 0 atom stereocenters. The smallest absolute Gasteiger partial charge is 0.0664 e. The lowest BCUT2D eigenvalue weighted by atomic mass is 10.1. The van der Waals surface area contributed by atoms with Gasteiger partial charge in [-0.2, -0.15) is 0 Å². The Morgan fingerprint density at radius 2 is 2.21 bits per heavy atom. The highest BCUT2D eigenvalue weighted by Crippen LogP contribution is 2.28. The third-order valence-corrected chi connectivity index (χ3v) is 2.72. The van der Waals surface area contributed by atoms with Gasteiger partial charge < -0.3 is 9.67 Å². The van der Waals surface area contributed by atoms with Gasteiger partial charge in [0, 0.05) is 30.8 Å². The Bertz CT molecular complexity index is 462. The normalized spacial score (nSPS) is 11.1. The van der Waals surface area contributed by atoms with E-state index in [9.17, 15) is 0 Å². The summed E-state index contributed by atoms with van der Waals surface area (Å²) in [7, 11) is 1.97. The molecule has 0 radical (unpaired) electrons. The van der Waals surface area contributed by atoms with E-state index in [0.29, 0.717) is 6.42 Å². The van der Waals surface area contributed by atoms with Crippen molar-refractivity contribution in [3.63, 3.8) is 0 Å².